The maximum Gasteiger partial charge on any atom is 0.120 e. The average molecular weight is 249 g/mol. The fourth-order valence-corrected chi connectivity index (χ4v) is 2.09. The van der Waals surface area contributed by atoms with Gasteiger partial charge in [0, 0.05) is 19.8 Å². The minimum Gasteiger partial charge on any atom is -0.490 e. The zero-order chi connectivity index (χ0) is 12.8. The Morgan fingerprint density at radius 3 is 2.89 bits per heavy atom. The van der Waals surface area contributed by atoms with Gasteiger partial charge in [-0.3, -0.25) is 0 Å². The van der Waals surface area contributed by atoms with Crippen molar-refractivity contribution < 1.29 is 9.47 Å². The van der Waals surface area contributed by atoms with Crippen LogP contribution in [-0.2, 0) is 4.74 Å². The first-order valence-corrected chi connectivity index (χ1v) is 6.76. The van der Waals surface area contributed by atoms with Gasteiger partial charge in [0.2, 0.25) is 0 Å². The molecule has 18 heavy (non-hydrogen) atoms. The van der Waals surface area contributed by atoms with E-state index in [4.69, 9.17) is 9.47 Å². The molecule has 3 nitrogen and oxygen atoms in total. The molecule has 0 amide bonds. The van der Waals surface area contributed by atoms with Crippen LogP contribution in [0.2, 0.25) is 0 Å². The Morgan fingerprint density at radius 2 is 2.22 bits per heavy atom. The fraction of sp³-hybridized carbons (Fsp3) is 0.600. The summed E-state index contributed by atoms with van der Waals surface area (Å²) in [6, 6.07) is 8.82. The van der Waals surface area contributed by atoms with E-state index in [-0.39, 0.29) is 0 Å². The molecule has 3 heteroatoms. The van der Waals surface area contributed by atoms with E-state index in [1.165, 1.54) is 18.4 Å². The van der Waals surface area contributed by atoms with Gasteiger partial charge in [0.15, 0.2) is 0 Å². The molecular weight excluding hydrogens is 226 g/mol. The van der Waals surface area contributed by atoms with Gasteiger partial charge in [0.1, 0.15) is 5.75 Å². The molecule has 0 heterocycles. The van der Waals surface area contributed by atoms with Gasteiger partial charge in [-0.25, -0.2) is 0 Å². The number of ether oxygens (including phenoxy) is 2. The number of hydrogen-bond acceptors (Lipinski definition) is 3. The van der Waals surface area contributed by atoms with Gasteiger partial charge >= 0.3 is 0 Å². The van der Waals surface area contributed by atoms with E-state index in [0.717, 1.165) is 25.2 Å². The van der Waals surface area contributed by atoms with Crippen LogP contribution in [0, 0.1) is 0 Å². The first-order chi connectivity index (χ1) is 8.83. The van der Waals surface area contributed by atoms with Gasteiger partial charge in [0.25, 0.3) is 0 Å². The van der Waals surface area contributed by atoms with Gasteiger partial charge in [-0.05, 0) is 50.4 Å². The van der Waals surface area contributed by atoms with Crippen molar-refractivity contribution in [3.8, 4) is 5.75 Å². The molecule has 2 rings (SSSR count). The third kappa shape index (κ3) is 4.00. The van der Waals surface area contributed by atoms with E-state index >= 15 is 0 Å². The van der Waals surface area contributed by atoms with Crippen LogP contribution >= 0.6 is 0 Å². The maximum absolute atomic E-state index is 5.83. The third-order valence-electron chi connectivity index (χ3n) is 3.28. The fourth-order valence-electron chi connectivity index (χ4n) is 2.09. The van der Waals surface area contributed by atoms with E-state index < -0.39 is 0 Å². The van der Waals surface area contributed by atoms with E-state index in [1.807, 2.05) is 13.1 Å². The van der Waals surface area contributed by atoms with Crippen molar-refractivity contribution in [2.24, 2.45) is 0 Å². The van der Waals surface area contributed by atoms with E-state index in [1.54, 1.807) is 7.11 Å². The molecule has 1 saturated carbocycles. The Kier molecular flexibility index (Phi) is 5.02. The third-order valence-corrected chi connectivity index (χ3v) is 3.28. The minimum atomic E-state index is 0.378. The van der Waals surface area contributed by atoms with E-state index in [9.17, 15) is 0 Å². The lowest BCUT2D eigenvalue weighted by atomic mass is 10.0. The lowest BCUT2D eigenvalue weighted by Gasteiger charge is -2.17. The molecule has 1 fully saturated rings. The number of rotatable bonds is 8. The smallest absolute Gasteiger partial charge is 0.120 e. The zero-order valence-electron chi connectivity index (χ0n) is 11.3. The lowest BCUT2D eigenvalue weighted by Crippen LogP contribution is -2.17. The molecule has 1 aromatic carbocycles. The number of methoxy groups -OCH3 is 1. The van der Waals surface area contributed by atoms with Crippen molar-refractivity contribution in [2.45, 2.75) is 37.8 Å². The van der Waals surface area contributed by atoms with Crippen LogP contribution in [0.5, 0.6) is 5.75 Å². The summed E-state index contributed by atoms with van der Waals surface area (Å²) in [6.45, 7) is 0.816. The molecule has 1 atom stereocenters. The van der Waals surface area contributed by atoms with Gasteiger partial charge in [0.05, 0.1) is 6.10 Å². The van der Waals surface area contributed by atoms with Gasteiger partial charge in [-0.2, -0.15) is 0 Å². The topological polar surface area (TPSA) is 30.5 Å². The second kappa shape index (κ2) is 6.76. The van der Waals surface area contributed by atoms with Crippen molar-refractivity contribution in [2.75, 3.05) is 20.8 Å². The highest BCUT2D eigenvalue weighted by Crippen LogP contribution is 2.29. The molecule has 1 N–H and O–H groups in total. The maximum atomic E-state index is 5.83. The highest BCUT2D eigenvalue weighted by atomic mass is 16.5. The Hall–Kier alpha value is -1.06. The van der Waals surface area contributed by atoms with Crippen molar-refractivity contribution >= 4 is 0 Å². The molecule has 0 radical (unpaired) electrons. The predicted molar refractivity (Wildman–Crippen MR) is 73.0 cm³/mol. The minimum absolute atomic E-state index is 0.378. The summed E-state index contributed by atoms with van der Waals surface area (Å²) >= 11 is 0. The highest BCUT2D eigenvalue weighted by Gasteiger charge is 2.23. The number of hydrogen-bond donors (Lipinski definition) is 1. The summed E-state index contributed by atoms with van der Waals surface area (Å²) in [4.78, 5) is 0. The first kappa shape index (κ1) is 13.4. The molecule has 0 bridgehead atoms. The molecular formula is C15H23NO2. The Balaban J connectivity index is 1.95. The largest absolute Gasteiger partial charge is 0.490 e. The van der Waals surface area contributed by atoms with Crippen molar-refractivity contribution in [3.05, 3.63) is 29.8 Å². The summed E-state index contributed by atoms with van der Waals surface area (Å²) in [7, 11) is 3.75. The SMILES string of the molecule is CNC(CCCOC)c1cccc(OC2CC2)c1. The Bertz CT molecular complexity index is 363. The molecule has 1 aliphatic carbocycles. The summed E-state index contributed by atoms with van der Waals surface area (Å²) in [5, 5.41) is 3.36. The van der Waals surface area contributed by atoms with Crippen LogP contribution in [0.1, 0.15) is 37.3 Å². The second-order valence-corrected chi connectivity index (χ2v) is 4.87. The van der Waals surface area contributed by atoms with Crippen LogP contribution in [-0.4, -0.2) is 26.9 Å². The van der Waals surface area contributed by atoms with Crippen LogP contribution < -0.4 is 10.1 Å². The van der Waals surface area contributed by atoms with E-state index in [0.29, 0.717) is 12.1 Å². The van der Waals surface area contributed by atoms with Crippen molar-refractivity contribution in [3.63, 3.8) is 0 Å². The highest BCUT2D eigenvalue weighted by molar-refractivity contribution is 5.31. The average Bonchev–Trinajstić information content (AvgIpc) is 3.19. The summed E-state index contributed by atoms with van der Waals surface area (Å²) < 4.78 is 10.9. The van der Waals surface area contributed by atoms with E-state index in [2.05, 4.69) is 23.5 Å². The second-order valence-electron chi connectivity index (χ2n) is 4.87. The van der Waals surface area contributed by atoms with Gasteiger partial charge in [-0.15, -0.1) is 0 Å². The molecule has 0 spiro atoms. The Morgan fingerprint density at radius 1 is 1.39 bits per heavy atom. The lowest BCUT2D eigenvalue weighted by molar-refractivity contribution is 0.189. The predicted octanol–water partition coefficient (Wildman–Crippen LogP) is 2.91. The van der Waals surface area contributed by atoms with Gasteiger partial charge < -0.3 is 14.8 Å². The number of nitrogens with one attached hydrogen (secondary N) is 1. The Labute approximate surface area is 109 Å². The quantitative estimate of drug-likeness (QED) is 0.719. The van der Waals surface area contributed by atoms with Crippen LogP contribution in [0.3, 0.4) is 0 Å². The standard InChI is InChI=1S/C15H23NO2/c1-16-15(7-4-10-17-2)12-5-3-6-14(11-12)18-13-8-9-13/h3,5-6,11,13,15-16H,4,7-10H2,1-2H3. The molecule has 0 aliphatic heterocycles. The normalized spacial score (nSPS) is 16.6. The van der Waals surface area contributed by atoms with Crippen LogP contribution in [0.15, 0.2) is 24.3 Å². The molecule has 1 aromatic rings. The van der Waals surface area contributed by atoms with Crippen LogP contribution in [0.25, 0.3) is 0 Å². The van der Waals surface area contributed by atoms with Crippen molar-refractivity contribution in [1.29, 1.82) is 0 Å². The summed E-state index contributed by atoms with van der Waals surface area (Å²) in [5.41, 5.74) is 1.30. The number of benzene rings is 1. The zero-order valence-corrected chi connectivity index (χ0v) is 11.3. The molecule has 0 aromatic heterocycles. The molecule has 0 saturated heterocycles. The first-order valence-electron chi connectivity index (χ1n) is 6.76. The van der Waals surface area contributed by atoms with Crippen molar-refractivity contribution in [1.82, 2.24) is 5.32 Å². The van der Waals surface area contributed by atoms with Gasteiger partial charge in [-0.1, -0.05) is 12.1 Å². The molecule has 100 valence electrons. The molecule has 1 unspecified atom stereocenters. The van der Waals surface area contributed by atoms with Crippen LogP contribution in [0.4, 0.5) is 0 Å². The monoisotopic (exact) mass is 249 g/mol. The summed E-state index contributed by atoms with van der Waals surface area (Å²) in [5.74, 6) is 1.00. The summed E-state index contributed by atoms with van der Waals surface area (Å²) in [6.07, 6.45) is 5.01. The molecule has 1 aliphatic rings.